The van der Waals surface area contributed by atoms with Crippen LogP contribution in [0.15, 0.2) is 0 Å². The molecule has 5 nitrogen and oxygen atoms in total. The summed E-state index contributed by atoms with van der Waals surface area (Å²) in [5.41, 5.74) is 0. The van der Waals surface area contributed by atoms with Crippen LogP contribution in [0.3, 0.4) is 0 Å². The van der Waals surface area contributed by atoms with Gasteiger partial charge < -0.3 is 15.2 Å². The van der Waals surface area contributed by atoms with Crippen LogP contribution in [0.5, 0.6) is 0 Å². The smallest absolute Gasteiger partial charge is 0.326 e. The predicted octanol–water partition coefficient (Wildman–Crippen LogP) is 1.27. The topological polar surface area (TPSA) is 75.6 Å². The molecule has 0 aliphatic rings. The van der Waals surface area contributed by atoms with Gasteiger partial charge in [-0.3, -0.25) is 4.79 Å². The summed E-state index contributed by atoms with van der Waals surface area (Å²) in [5, 5.41) is 11.2. The highest BCUT2D eigenvalue weighted by Gasteiger charge is 2.20. The van der Waals surface area contributed by atoms with Crippen molar-refractivity contribution in [1.29, 1.82) is 0 Å². The number of carboxylic acid groups (broad SMARTS) is 1. The second-order valence-electron chi connectivity index (χ2n) is 4.30. The highest BCUT2D eigenvalue weighted by Crippen LogP contribution is 2.05. The van der Waals surface area contributed by atoms with E-state index >= 15 is 0 Å². The molecule has 2 N–H and O–H groups in total. The first-order chi connectivity index (χ1) is 8.32. The van der Waals surface area contributed by atoms with Crippen LogP contribution in [0.4, 0.5) is 8.78 Å². The summed E-state index contributed by atoms with van der Waals surface area (Å²) < 4.78 is 28.0. The number of nitrogens with one attached hydrogen (secondary N) is 1. The average Bonchev–Trinajstić information content (AvgIpc) is 2.22. The number of ether oxygens (including phenoxy) is 1. The molecule has 0 aromatic carbocycles. The lowest BCUT2D eigenvalue weighted by molar-refractivity contribution is -0.142. The average molecular weight is 267 g/mol. The van der Waals surface area contributed by atoms with E-state index in [0.29, 0.717) is 6.42 Å². The van der Waals surface area contributed by atoms with Crippen molar-refractivity contribution in [1.82, 2.24) is 5.32 Å². The van der Waals surface area contributed by atoms with Gasteiger partial charge >= 0.3 is 5.97 Å². The van der Waals surface area contributed by atoms with Crippen molar-refractivity contribution in [2.24, 2.45) is 5.92 Å². The standard InChI is InChI=1S/C11H19F2NO4/c1-7(2)5-8(11(16)17)14-10(15)3-4-18-6-9(12)13/h7-9H,3-6H2,1-2H3,(H,14,15)(H,16,17)/t8-/m1/s1. The van der Waals surface area contributed by atoms with Gasteiger partial charge in [0.05, 0.1) is 6.61 Å². The van der Waals surface area contributed by atoms with Crippen LogP contribution >= 0.6 is 0 Å². The Morgan fingerprint density at radius 2 is 1.94 bits per heavy atom. The zero-order valence-corrected chi connectivity index (χ0v) is 10.5. The van der Waals surface area contributed by atoms with Gasteiger partial charge in [0.1, 0.15) is 12.6 Å². The first-order valence-corrected chi connectivity index (χ1v) is 5.71. The molecule has 18 heavy (non-hydrogen) atoms. The third-order valence-electron chi connectivity index (χ3n) is 2.06. The minimum absolute atomic E-state index is 0.126. The molecule has 0 heterocycles. The molecular weight excluding hydrogens is 248 g/mol. The number of alkyl halides is 2. The fraction of sp³-hybridized carbons (Fsp3) is 0.818. The first kappa shape index (κ1) is 16.8. The van der Waals surface area contributed by atoms with Gasteiger partial charge in [0.2, 0.25) is 5.91 Å². The van der Waals surface area contributed by atoms with Crippen LogP contribution in [0.25, 0.3) is 0 Å². The minimum atomic E-state index is -2.57. The molecule has 0 saturated carbocycles. The molecule has 0 unspecified atom stereocenters. The van der Waals surface area contributed by atoms with Crippen LogP contribution in [-0.2, 0) is 14.3 Å². The molecular formula is C11H19F2NO4. The minimum Gasteiger partial charge on any atom is -0.480 e. The van der Waals surface area contributed by atoms with Crippen molar-refractivity contribution < 1.29 is 28.2 Å². The van der Waals surface area contributed by atoms with Gasteiger partial charge in [0.15, 0.2) is 0 Å². The predicted molar refractivity (Wildman–Crippen MR) is 60.5 cm³/mol. The van der Waals surface area contributed by atoms with E-state index in [4.69, 9.17) is 5.11 Å². The van der Waals surface area contributed by atoms with Gasteiger partial charge in [-0.05, 0) is 12.3 Å². The summed E-state index contributed by atoms with van der Waals surface area (Å²) in [6, 6.07) is -0.951. The fourth-order valence-corrected chi connectivity index (χ4v) is 1.30. The number of hydrogen-bond acceptors (Lipinski definition) is 3. The normalized spacial score (nSPS) is 12.8. The highest BCUT2D eigenvalue weighted by molar-refractivity contribution is 5.83. The summed E-state index contributed by atoms with van der Waals surface area (Å²) in [7, 11) is 0. The molecule has 1 amide bonds. The molecule has 0 aromatic rings. The summed E-state index contributed by atoms with van der Waals surface area (Å²) in [5.74, 6) is -1.50. The molecule has 0 aromatic heterocycles. The lowest BCUT2D eigenvalue weighted by Gasteiger charge is -2.16. The van der Waals surface area contributed by atoms with E-state index < -0.39 is 31.0 Å². The van der Waals surface area contributed by atoms with Crippen molar-refractivity contribution in [2.45, 2.75) is 39.2 Å². The maximum atomic E-state index is 11.7. The fourth-order valence-electron chi connectivity index (χ4n) is 1.30. The zero-order valence-electron chi connectivity index (χ0n) is 10.5. The van der Waals surface area contributed by atoms with Gasteiger partial charge in [-0.25, -0.2) is 13.6 Å². The van der Waals surface area contributed by atoms with Crippen LogP contribution in [0.2, 0.25) is 0 Å². The Morgan fingerprint density at radius 3 is 2.39 bits per heavy atom. The maximum Gasteiger partial charge on any atom is 0.326 e. The van der Waals surface area contributed by atoms with Crippen molar-refractivity contribution in [3.05, 3.63) is 0 Å². The van der Waals surface area contributed by atoms with Gasteiger partial charge in [0, 0.05) is 6.42 Å². The lowest BCUT2D eigenvalue weighted by Crippen LogP contribution is -2.41. The second kappa shape index (κ2) is 8.79. The number of carbonyl (C=O) groups is 2. The molecule has 0 bridgehead atoms. The number of aliphatic carboxylic acids is 1. The number of carbonyl (C=O) groups excluding carboxylic acids is 1. The zero-order chi connectivity index (χ0) is 14.1. The summed E-state index contributed by atoms with van der Waals surface area (Å²) in [6.07, 6.45) is -2.38. The van der Waals surface area contributed by atoms with E-state index in [1.165, 1.54) is 0 Å². The van der Waals surface area contributed by atoms with Gasteiger partial charge in [0.25, 0.3) is 6.43 Å². The Labute approximate surface area is 105 Å². The van der Waals surface area contributed by atoms with Crippen LogP contribution in [-0.4, -0.2) is 42.7 Å². The van der Waals surface area contributed by atoms with Gasteiger partial charge in [-0.15, -0.1) is 0 Å². The molecule has 7 heteroatoms. The van der Waals surface area contributed by atoms with E-state index in [1.54, 1.807) is 0 Å². The SMILES string of the molecule is CC(C)C[C@@H](NC(=O)CCOCC(F)F)C(=O)O. The molecule has 0 fully saturated rings. The molecule has 0 aliphatic carbocycles. The van der Waals surface area contributed by atoms with Crippen LogP contribution in [0.1, 0.15) is 26.7 Å². The number of amides is 1. The Hall–Kier alpha value is -1.24. The molecule has 0 aliphatic heterocycles. The summed E-state index contributed by atoms with van der Waals surface area (Å²) in [4.78, 5) is 22.2. The van der Waals surface area contributed by atoms with Crippen molar-refractivity contribution in [3.63, 3.8) is 0 Å². The van der Waals surface area contributed by atoms with E-state index in [1.807, 2.05) is 13.8 Å². The Balaban J connectivity index is 3.92. The van der Waals surface area contributed by atoms with E-state index in [-0.39, 0.29) is 18.9 Å². The molecule has 0 radical (unpaired) electrons. The number of hydrogen-bond donors (Lipinski definition) is 2. The second-order valence-corrected chi connectivity index (χ2v) is 4.30. The third-order valence-corrected chi connectivity index (χ3v) is 2.06. The third kappa shape index (κ3) is 8.86. The first-order valence-electron chi connectivity index (χ1n) is 5.71. The Bertz CT molecular complexity index is 272. The quantitative estimate of drug-likeness (QED) is 0.617. The number of rotatable bonds is 9. The monoisotopic (exact) mass is 267 g/mol. The van der Waals surface area contributed by atoms with E-state index in [0.717, 1.165) is 0 Å². The van der Waals surface area contributed by atoms with Crippen LogP contribution < -0.4 is 5.32 Å². The summed E-state index contributed by atoms with van der Waals surface area (Å²) in [6.45, 7) is 2.81. The van der Waals surface area contributed by atoms with Gasteiger partial charge in [-0.1, -0.05) is 13.8 Å². The molecule has 1 atom stereocenters. The van der Waals surface area contributed by atoms with E-state index in [9.17, 15) is 18.4 Å². The maximum absolute atomic E-state index is 11.7. The molecule has 106 valence electrons. The number of halogens is 2. The van der Waals surface area contributed by atoms with Gasteiger partial charge in [-0.2, -0.15) is 0 Å². The Morgan fingerprint density at radius 1 is 1.33 bits per heavy atom. The number of carboxylic acids is 1. The summed E-state index contributed by atoms with van der Waals surface area (Å²) >= 11 is 0. The molecule has 0 rings (SSSR count). The van der Waals surface area contributed by atoms with Crippen molar-refractivity contribution >= 4 is 11.9 Å². The van der Waals surface area contributed by atoms with Crippen molar-refractivity contribution in [3.8, 4) is 0 Å². The molecule has 0 saturated heterocycles. The molecule has 0 spiro atoms. The van der Waals surface area contributed by atoms with Crippen molar-refractivity contribution in [2.75, 3.05) is 13.2 Å². The lowest BCUT2D eigenvalue weighted by atomic mass is 10.0. The Kier molecular flexibility index (Phi) is 8.19. The largest absolute Gasteiger partial charge is 0.480 e. The van der Waals surface area contributed by atoms with Crippen LogP contribution in [0, 0.1) is 5.92 Å². The van der Waals surface area contributed by atoms with E-state index in [2.05, 4.69) is 10.1 Å². The highest BCUT2D eigenvalue weighted by atomic mass is 19.3.